The van der Waals surface area contributed by atoms with Crippen molar-refractivity contribution in [2.24, 2.45) is 0 Å². The van der Waals surface area contributed by atoms with Gasteiger partial charge in [-0.15, -0.1) is 0 Å². The van der Waals surface area contributed by atoms with Crippen LogP contribution in [0.1, 0.15) is 16.7 Å². The lowest BCUT2D eigenvalue weighted by molar-refractivity contribution is 0.305. The second-order valence-corrected chi connectivity index (χ2v) is 8.14. The average Bonchev–Trinajstić information content (AvgIpc) is 2.72. The maximum Gasteiger partial charge on any atom is 0.192 e. The lowest BCUT2D eigenvalue weighted by Crippen LogP contribution is -2.06. The highest BCUT2D eigenvalue weighted by molar-refractivity contribution is 7.95. The maximum atomic E-state index is 12.7. The van der Waals surface area contributed by atoms with E-state index < -0.39 is 9.84 Å². The zero-order valence-electron chi connectivity index (χ0n) is 15.2. The van der Waals surface area contributed by atoms with Crippen molar-refractivity contribution >= 4 is 15.9 Å². The molecule has 0 saturated carbocycles. The predicted octanol–water partition coefficient (Wildman–Crippen LogP) is 4.75. The molecule has 5 heteroatoms. The molecule has 0 bridgehead atoms. The van der Waals surface area contributed by atoms with Crippen molar-refractivity contribution in [2.75, 3.05) is 0 Å². The van der Waals surface area contributed by atoms with E-state index in [-0.39, 0.29) is 10.7 Å². The van der Waals surface area contributed by atoms with Gasteiger partial charge in [-0.3, -0.25) is 0 Å². The van der Waals surface area contributed by atoms with Crippen molar-refractivity contribution in [2.45, 2.75) is 12.4 Å². The zero-order chi connectivity index (χ0) is 19.8. The zero-order valence-corrected chi connectivity index (χ0v) is 16.0. The van der Waals surface area contributed by atoms with Gasteiger partial charge in [0.2, 0.25) is 0 Å². The molecule has 28 heavy (non-hydrogen) atoms. The van der Waals surface area contributed by atoms with Gasteiger partial charge in [0.1, 0.15) is 23.3 Å². The smallest absolute Gasteiger partial charge is 0.192 e. The first kappa shape index (κ1) is 19.4. The van der Waals surface area contributed by atoms with Gasteiger partial charge in [-0.05, 0) is 23.3 Å². The molecular formula is C23H19NO3S. The topological polar surface area (TPSA) is 67.2 Å². The fraction of sp³-hybridized carbons (Fsp3) is 0.0870. The first-order valence-electron chi connectivity index (χ1n) is 8.73. The van der Waals surface area contributed by atoms with Gasteiger partial charge in [0.05, 0.1) is 5.75 Å². The van der Waals surface area contributed by atoms with Crippen LogP contribution in [0.2, 0.25) is 0 Å². The Kier molecular flexibility index (Phi) is 6.25. The van der Waals surface area contributed by atoms with E-state index in [2.05, 4.69) is 0 Å². The third kappa shape index (κ3) is 5.09. The largest absolute Gasteiger partial charge is 0.488 e. The van der Waals surface area contributed by atoms with Crippen LogP contribution in [0.4, 0.5) is 0 Å². The number of nitriles is 1. The molecule has 0 N–H and O–H groups in total. The van der Waals surface area contributed by atoms with E-state index in [1.807, 2.05) is 48.5 Å². The van der Waals surface area contributed by atoms with Crippen LogP contribution in [-0.4, -0.2) is 8.42 Å². The summed E-state index contributed by atoms with van der Waals surface area (Å²) in [5.41, 5.74) is 2.18. The molecule has 0 amide bonds. The number of para-hydroxylation sites is 1. The van der Waals surface area contributed by atoms with E-state index in [4.69, 9.17) is 4.74 Å². The number of benzene rings is 3. The minimum absolute atomic E-state index is 0.222. The number of hydrogen-bond acceptors (Lipinski definition) is 4. The van der Waals surface area contributed by atoms with Crippen molar-refractivity contribution < 1.29 is 13.2 Å². The molecule has 0 saturated heterocycles. The van der Waals surface area contributed by atoms with Gasteiger partial charge in [-0.2, -0.15) is 5.26 Å². The minimum Gasteiger partial charge on any atom is -0.488 e. The average molecular weight is 389 g/mol. The Labute approximate surface area is 165 Å². The van der Waals surface area contributed by atoms with Crippen LogP contribution >= 0.6 is 0 Å². The minimum atomic E-state index is -3.76. The van der Waals surface area contributed by atoms with Crippen LogP contribution in [0.25, 0.3) is 6.08 Å². The highest BCUT2D eigenvalue weighted by Crippen LogP contribution is 2.25. The number of hydrogen-bond donors (Lipinski definition) is 0. The molecule has 0 aliphatic carbocycles. The van der Waals surface area contributed by atoms with Gasteiger partial charge in [-0.25, -0.2) is 8.42 Å². The summed E-state index contributed by atoms with van der Waals surface area (Å²) in [6.07, 6.45) is 1.37. The molecule has 0 atom stereocenters. The van der Waals surface area contributed by atoms with E-state index in [0.29, 0.717) is 23.5 Å². The quantitative estimate of drug-likeness (QED) is 0.547. The molecule has 3 rings (SSSR count). The first-order valence-corrected chi connectivity index (χ1v) is 10.4. The summed E-state index contributed by atoms with van der Waals surface area (Å²) in [6.45, 7) is 0.352. The van der Waals surface area contributed by atoms with Gasteiger partial charge >= 0.3 is 0 Å². The van der Waals surface area contributed by atoms with Crippen molar-refractivity contribution in [1.82, 2.24) is 0 Å². The standard InChI is InChI=1S/C23H19NO3S/c24-16-22(28(25,26)18-20-11-5-2-6-12-20)15-21-13-7-8-14-23(21)27-17-19-9-3-1-4-10-19/h1-15H,17-18H2. The van der Waals surface area contributed by atoms with Gasteiger partial charge in [0, 0.05) is 5.56 Å². The lowest BCUT2D eigenvalue weighted by atomic mass is 10.2. The molecule has 0 aliphatic heterocycles. The Morgan fingerprint density at radius 1 is 0.857 bits per heavy atom. The molecule has 0 unspecified atom stereocenters. The molecule has 0 heterocycles. The van der Waals surface area contributed by atoms with Crippen LogP contribution < -0.4 is 4.74 Å². The van der Waals surface area contributed by atoms with Crippen LogP contribution in [0, 0.1) is 11.3 Å². The van der Waals surface area contributed by atoms with Gasteiger partial charge in [0.25, 0.3) is 0 Å². The number of nitrogens with zero attached hydrogens (tertiary/aromatic N) is 1. The molecule has 0 aromatic heterocycles. The Balaban J connectivity index is 1.85. The van der Waals surface area contributed by atoms with Crippen molar-refractivity contribution in [3.05, 3.63) is 107 Å². The summed E-state index contributed by atoms with van der Waals surface area (Å²) >= 11 is 0. The Hall–Kier alpha value is -3.36. The number of allylic oxidation sites excluding steroid dienone is 1. The summed E-state index contributed by atoms with van der Waals surface area (Å²) in [5.74, 6) is 0.300. The van der Waals surface area contributed by atoms with Gasteiger partial charge < -0.3 is 4.74 Å². The van der Waals surface area contributed by atoms with Crippen LogP contribution in [0.3, 0.4) is 0 Å². The number of ether oxygens (including phenoxy) is 1. The Morgan fingerprint density at radius 3 is 2.07 bits per heavy atom. The highest BCUT2D eigenvalue weighted by atomic mass is 32.2. The van der Waals surface area contributed by atoms with E-state index in [1.54, 1.807) is 42.5 Å². The molecule has 0 fully saturated rings. The third-order valence-corrected chi connectivity index (χ3v) is 5.68. The summed E-state index contributed by atoms with van der Waals surface area (Å²) in [4.78, 5) is -0.285. The fourth-order valence-electron chi connectivity index (χ4n) is 2.67. The summed E-state index contributed by atoms with van der Waals surface area (Å²) in [7, 11) is -3.76. The second kappa shape index (κ2) is 9.03. The first-order chi connectivity index (χ1) is 13.6. The monoisotopic (exact) mass is 389 g/mol. The molecule has 3 aromatic rings. The van der Waals surface area contributed by atoms with E-state index in [1.165, 1.54) is 6.08 Å². The van der Waals surface area contributed by atoms with E-state index in [0.717, 1.165) is 5.56 Å². The third-order valence-electron chi connectivity index (χ3n) is 4.09. The highest BCUT2D eigenvalue weighted by Gasteiger charge is 2.19. The number of sulfone groups is 1. The SMILES string of the molecule is N#CC(=Cc1ccccc1OCc1ccccc1)S(=O)(=O)Cc1ccccc1. The molecule has 0 aliphatic rings. The van der Waals surface area contributed by atoms with Crippen molar-refractivity contribution in [3.63, 3.8) is 0 Å². The van der Waals surface area contributed by atoms with E-state index >= 15 is 0 Å². The van der Waals surface area contributed by atoms with Gasteiger partial charge in [0.15, 0.2) is 9.84 Å². The maximum absolute atomic E-state index is 12.7. The van der Waals surface area contributed by atoms with Crippen LogP contribution in [0.15, 0.2) is 89.8 Å². The molecule has 3 aromatic carbocycles. The fourth-order valence-corrected chi connectivity index (χ4v) is 3.90. The van der Waals surface area contributed by atoms with Crippen LogP contribution in [0.5, 0.6) is 5.75 Å². The molecule has 0 spiro atoms. The molecular weight excluding hydrogens is 370 g/mol. The Bertz CT molecular complexity index is 1100. The van der Waals surface area contributed by atoms with E-state index in [9.17, 15) is 13.7 Å². The second-order valence-electron chi connectivity index (χ2n) is 6.18. The molecule has 4 nitrogen and oxygen atoms in total. The summed E-state index contributed by atoms with van der Waals surface area (Å²) in [5, 5.41) is 9.46. The summed E-state index contributed by atoms with van der Waals surface area (Å²) in [6, 6.07) is 27.4. The number of rotatable bonds is 7. The molecule has 140 valence electrons. The van der Waals surface area contributed by atoms with Crippen molar-refractivity contribution in [1.29, 1.82) is 5.26 Å². The van der Waals surface area contributed by atoms with Crippen LogP contribution in [-0.2, 0) is 22.2 Å². The predicted molar refractivity (Wildman–Crippen MR) is 110 cm³/mol. The van der Waals surface area contributed by atoms with Gasteiger partial charge in [-0.1, -0.05) is 78.9 Å². The Morgan fingerprint density at radius 2 is 1.43 bits per heavy atom. The lowest BCUT2D eigenvalue weighted by Gasteiger charge is -2.10. The molecule has 0 radical (unpaired) electrons. The summed E-state index contributed by atoms with van der Waals surface area (Å²) < 4.78 is 31.2. The van der Waals surface area contributed by atoms with Crippen molar-refractivity contribution in [3.8, 4) is 11.8 Å². The normalized spacial score (nSPS) is 11.6.